The van der Waals surface area contributed by atoms with Gasteiger partial charge in [0.15, 0.2) is 5.58 Å². The van der Waals surface area contributed by atoms with Crippen LogP contribution in [0.1, 0.15) is 0 Å². The number of nitrogens with zero attached hydrogens (tertiary/aromatic N) is 2. The van der Waals surface area contributed by atoms with Crippen molar-refractivity contribution < 1.29 is 4.42 Å². The van der Waals surface area contributed by atoms with Crippen molar-refractivity contribution in [3.05, 3.63) is 146 Å². The van der Waals surface area contributed by atoms with Gasteiger partial charge >= 0.3 is 0 Å². The molecule has 0 aliphatic rings. The van der Waals surface area contributed by atoms with Crippen molar-refractivity contribution in [1.82, 2.24) is 9.97 Å². The molecule has 0 N–H and O–H groups in total. The van der Waals surface area contributed by atoms with Crippen LogP contribution in [-0.4, -0.2) is 9.97 Å². The minimum atomic E-state index is 0.705. The largest absolute Gasteiger partial charge is 0.452 e. The monoisotopic (exact) mass is 580 g/mol. The molecule has 3 heterocycles. The molecule has 0 atom stereocenters. The first-order valence-electron chi connectivity index (χ1n) is 14.6. The zero-order valence-electron chi connectivity index (χ0n) is 23.6. The molecule has 9 rings (SSSR count). The van der Waals surface area contributed by atoms with Crippen LogP contribution in [0.2, 0.25) is 0 Å². The van der Waals surface area contributed by atoms with Gasteiger partial charge < -0.3 is 4.42 Å². The Morgan fingerprint density at radius 2 is 1.16 bits per heavy atom. The normalized spacial score (nSPS) is 11.6. The summed E-state index contributed by atoms with van der Waals surface area (Å²) < 4.78 is 9.03. The van der Waals surface area contributed by atoms with Gasteiger partial charge in [-0.05, 0) is 57.6 Å². The zero-order chi connectivity index (χ0) is 29.0. The second-order valence-corrected chi connectivity index (χ2v) is 12.1. The Balaban J connectivity index is 1.09. The van der Waals surface area contributed by atoms with E-state index >= 15 is 0 Å². The predicted octanol–water partition coefficient (Wildman–Crippen LogP) is 11.4. The van der Waals surface area contributed by atoms with Crippen LogP contribution in [0.25, 0.3) is 86.9 Å². The SMILES string of the molecule is c1ccc(-c2ccc3oc4c(-c5cccc(-c6ccc(-c7cccc8c7sc7ccccc78)cc6)c5)ncnc4c3c2)cc1. The van der Waals surface area contributed by atoms with E-state index in [1.807, 2.05) is 23.5 Å². The lowest BCUT2D eigenvalue weighted by molar-refractivity contribution is 0.667. The molecule has 4 heteroatoms. The van der Waals surface area contributed by atoms with Crippen molar-refractivity contribution >= 4 is 53.6 Å². The number of rotatable bonds is 4. The van der Waals surface area contributed by atoms with Crippen molar-refractivity contribution in [2.24, 2.45) is 0 Å². The van der Waals surface area contributed by atoms with E-state index in [2.05, 4.69) is 137 Å². The maximum atomic E-state index is 6.37. The minimum absolute atomic E-state index is 0.705. The lowest BCUT2D eigenvalue weighted by Crippen LogP contribution is -1.88. The summed E-state index contributed by atoms with van der Waals surface area (Å²) in [5.41, 5.74) is 11.2. The van der Waals surface area contributed by atoms with E-state index in [-0.39, 0.29) is 0 Å². The zero-order valence-corrected chi connectivity index (χ0v) is 24.4. The van der Waals surface area contributed by atoms with Gasteiger partial charge in [-0.25, -0.2) is 9.97 Å². The number of fused-ring (bicyclic) bond motifs is 6. The second-order valence-electron chi connectivity index (χ2n) is 11.0. The summed E-state index contributed by atoms with van der Waals surface area (Å²) in [7, 11) is 0. The topological polar surface area (TPSA) is 38.9 Å². The molecule has 0 aliphatic heterocycles. The molecule has 0 radical (unpaired) electrons. The van der Waals surface area contributed by atoms with E-state index in [1.165, 1.54) is 31.3 Å². The molecule has 0 amide bonds. The first kappa shape index (κ1) is 25.0. The lowest BCUT2D eigenvalue weighted by atomic mass is 9.97. The number of aromatic nitrogens is 2. The third-order valence-corrected chi connectivity index (χ3v) is 9.65. The molecule has 6 aromatic carbocycles. The van der Waals surface area contributed by atoms with Crippen molar-refractivity contribution in [3.8, 4) is 44.6 Å². The molecule has 9 aromatic rings. The van der Waals surface area contributed by atoms with Gasteiger partial charge in [0, 0.05) is 31.1 Å². The van der Waals surface area contributed by atoms with Crippen LogP contribution in [0.4, 0.5) is 0 Å². The summed E-state index contributed by atoms with van der Waals surface area (Å²) in [6.45, 7) is 0. The highest BCUT2D eigenvalue weighted by Gasteiger charge is 2.16. The number of hydrogen-bond acceptors (Lipinski definition) is 4. The Labute approximate surface area is 257 Å². The number of hydrogen-bond donors (Lipinski definition) is 0. The molecule has 0 aliphatic carbocycles. The van der Waals surface area contributed by atoms with Crippen LogP contribution in [0, 0.1) is 0 Å². The Morgan fingerprint density at radius 3 is 2.07 bits per heavy atom. The molecule has 0 saturated carbocycles. The fourth-order valence-corrected chi connectivity index (χ4v) is 7.49. The van der Waals surface area contributed by atoms with Gasteiger partial charge in [-0.3, -0.25) is 0 Å². The highest BCUT2D eigenvalue weighted by molar-refractivity contribution is 7.26. The maximum absolute atomic E-state index is 6.37. The van der Waals surface area contributed by atoms with Crippen molar-refractivity contribution in [1.29, 1.82) is 0 Å². The Hall–Kier alpha value is -5.58. The number of furan rings is 1. The molecule has 206 valence electrons. The molecule has 0 spiro atoms. The Bertz CT molecular complexity index is 2490. The fraction of sp³-hybridized carbons (Fsp3) is 0. The predicted molar refractivity (Wildman–Crippen MR) is 184 cm³/mol. The molecular formula is C40H24N2OS. The quantitative estimate of drug-likeness (QED) is 0.208. The van der Waals surface area contributed by atoms with E-state index in [4.69, 9.17) is 4.42 Å². The van der Waals surface area contributed by atoms with E-state index < -0.39 is 0 Å². The van der Waals surface area contributed by atoms with Crippen LogP contribution >= 0.6 is 11.3 Å². The second kappa shape index (κ2) is 10.0. The third kappa shape index (κ3) is 4.03. The Morgan fingerprint density at radius 1 is 0.477 bits per heavy atom. The molecule has 0 saturated heterocycles. The smallest absolute Gasteiger partial charge is 0.180 e. The average Bonchev–Trinajstić information content (AvgIpc) is 3.67. The van der Waals surface area contributed by atoms with Gasteiger partial charge in [0.05, 0.1) is 0 Å². The number of benzene rings is 6. The molecule has 0 bridgehead atoms. The fourth-order valence-electron chi connectivity index (χ4n) is 6.25. The standard InChI is InChI=1S/C40H24N2OS/c1-2-8-25(9-3-1)29-20-21-35-34(23-29)38-39(43-35)37(41-24-42-38)30-11-6-10-28(22-30)26-16-18-27(19-17-26)31-13-7-14-33-32-12-4-5-15-36(32)44-40(31)33/h1-24H. The summed E-state index contributed by atoms with van der Waals surface area (Å²) in [5, 5.41) is 3.63. The summed E-state index contributed by atoms with van der Waals surface area (Å²) in [5.74, 6) is 0. The van der Waals surface area contributed by atoms with Gasteiger partial charge in [-0.1, -0.05) is 115 Å². The maximum Gasteiger partial charge on any atom is 0.180 e. The highest BCUT2D eigenvalue weighted by Crippen LogP contribution is 2.41. The van der Waals surface area contributed by atoms with Gasteiger partial charge in [0.1, 0.15) is 23.1 Å². The van der Waals surface area contributed by atoms with Crippen molar-refractivity contribution in [3.63, 3.8) is 0 Å². The van der Waals surface area contributed by atoms with Gasteiger partial charge in [0.25, 0.3) is 0 Å². The van der Waals surface area contributed by atoms with Gasteiger partial charge in [0.2, 0.25) is 0 Å². The van der Waals surface area contributed by atoms with Crippen LogP contribution in [0.15, 0.2) is 150 Å². The van der Waals surface area contributed by atoms with Crippen LogP contribution in [0.3, 0.4) is 0 Å². The molecule has 3 aromatic heterocycles. The molecule has 0 unspecified atom stereocenters. The third-order valence-electron chi connectivity index (χ3n) is 8.43. The van der Waals surface area contributed by atoms with Crippen molar-refractivity contribution in [2.45, 2.75) is 0 Å². The number of thiophene rings is 1. The van der Waals surface area contributed by atoms with E-state index in [0.29, 0.717) is 5.58 Å². The Kier molecular flexibility index (Phi) is 5.68. The van der Waals surface area contributed by atoms with Crippen LogP contribution in [0.5, 0.6) is 0 Å². The first-order chi connectivity index (χ1) is 21.8. The molecular weight excluding hydrogens is 557 g/mol. The van der Waals surface area contributed by atoms with Gasteiger partial charge in [-0.15, -0.1) is 11.3 Å². The summed E-state index contributed by atoms with van der Waals surface area (Å²) in [4.78, 5) is 9.33. The van der Waals surface area contributed by atoms with Crippen molar-refractivity contribution in [2.75, 3.05) is 0 Å². The first-order valence-corrected chi connectivity index (χ1v) is 15.5. The molecule has 3 nitrogen and oxygen atoms in total. The van der Waals surface area contributed by atoms with Crippen LogP contribution in [-0.2, 0) is 0 Å². The highest BCUT2D eigenvalue weighted by atomic mass is 32.1. The molecule has 44 heavy (non-hydrogen) atoms. The summed E-state index contributed by atoms with van der Waals surface area (Å²) in [6.07, 6.45) is 1.64. The summed E-state index contributed by atoms with van der Waals surface area (Å²) in [6, 6.07) is 49.3. The lowest BCUT2D eigenvalue weighted by Gasteiger charge is -2.08. The minimum Gasteiger partial charge on any atom is -0.452 e. The summed E-state index contributed by atoms with van der Waals surface area (Å²) >= 11 is 1.86. The van der Waals surface area contributed by atoms with E-state index in [1.54, 1.807) is 6.33 Å². The average molecular weight is 581 g/mol. The van der Waals surface area contributed by atoms with E-state index in [0.717, 1.165) is 50.0 Å². The van der Waals surface area contributed by atoms with Gasteiger partial charge in [-0.2, -0.15) is 0 Å². The molecule has 0 fully saturated rings. The van der Waals surface area contributed by atoms with E-state index in [9.17, 15) is 0 Å². The van der Waals surface area contributed by atoms with Crippen LogP contribution < -0.4 is 0 Å².